The van der Waals surface area contributed by atoms with E-state index in [1.165, 1.54) is 33.7 Å². The predicted molar refractivity (Wildman–Crippen MR) is 106 cm³/mol. The van der Waals surface area contributed by atoms with Gasteiger partial charge < -0.3 is 16.4 Å². The van der Waals surface area contributed by atoms with Crippen molar-refractivity contribution in [1.82, 2.24) is 4.90 Å². The van der Waals surface area contributed by atoms with Gasteiger partial charge in [0.25, 0.3) is 0 Å². The van der Waals surface area contributed by atoms with Crippen LogP contribution in [0, 0.1) is 5.92 Å². The highest BCUT2D eigenvalue weighted by atomic mass is 15.2. The lowest BCUT2D eigenvalue weighted by Gasteiger charge is -2.43. The molecule has 0 saturated carbocycles. The first-order valence-electron chi connectivity index (χ1n) is 9.34. The van der Waals surface area contributed by atoms with Gasteiger partial charge >= 0.3 is 0 Å². The van der Waals surface area contributed by atoms with Gasteiger partial charge in [-0.2, -0.15) is 0 Å². The second kappa shape index (κ2) is 7.19. The van der Waals surface area contributed by atoms with Crippen molar-refractivity contribution in [2.75, 3.05) is 0 Å². The summed E-state index contributed by atoms with van der Waals surface area (Å²) in [6.07, 6.45) is 6.11. The fraction of sp³-hybridized carbons (Fsp3) is 0.455. The molecular weight excluding hydrogens is 306 g/mol. The summed E-state index contributed by atoms with van der Waals surface area (Å²) in [7, 11) is 0. The second-order valence-electron chi connectivity index (χ2n) is 7.73. The Kier molecular flexibility index (Phi) is 5.16. The maximum absolute atomic E-state index is 5.70. The molecule has 0 amide bonds. The molecule has 0 spiro atoms. The minimum Gasteiger partial charge on any atom is -0.342 e. The molecule has 2 atom stereocenters. The van der Waals surface area contributed by atoms with Crippen LogP contribution in [0.5, 0.6) is 0 Å². The van der Waals surface area contributed by atoms with E-state index < -0.39 is 0 Å². The van der Waals surface area contributed by atoms with Crippen LogP contribution < -0.4 is 11.5 Å². The number of nitrogens with two attached hydrogens (primary N) is 2. The fourth-order valence-electron chi connectivity index (χ4n) is 4.32. The smallest absolute Gasteiger partial charge is 0.0562 e. The third-order valence-electron chi connectivity index (χ3n) is 5.45. The van der Waals surface area contributed by atoms with Gasteiger partial charge in [0.05, 0.1) is 12.2 Å². The standard InChI is InChI=1S/C22H31N3/c1-14-11-15(2)22-20(12-14)8-5-16(3)25(22)17(4)19-9-6-18(7-10-19)13-21(23)24/h6-7,9-10,12,15,17,21H,3,5,8,11,13,23-24H2,1-2,4H3. The van der Waals surface area contributed by atoms with Crippen LogP contribution in [0.2, 0.25) is 0 Å². The van der Waals surface area contributed by atoms with Gasteiger partial charge in [-0.3, -0.25) is 0 Å². The Bertz CT molecular complexity index is 709. The van der Waals surface area contributed by atoms with Crippen LogP contribution in [0.25, 0.3) is 0 Å². The van der Waals surface area contributed by atoms with E-state index in [0.29, 0.717) is 12.3 Å². The van der Waals surface area contributed by atoms with Gasteiger partial charge in [-0.15, -0.1) is 0 Å². The molecule has 2 aliphatic rings. The highest BCUT2D eigenvalue weighted by Gasteiger charge is 2.32. The summed E-state index contributed by atoms with van der Waals surface area (Å²) in [6.45, 7) is 11.3. The Labute approximate surface area is 152 Å². The Morgan fingerprint density at radius 3 is 2.52 bits per heavy atom. The predicted octanol–water partition coefficient (Wildman–Crippen LogP) is 4.38. The van der Waals surface area contributed by atoms with Crippen molar-refractivity contribution in [3.63, 3.8) is 0 Å². The van der Waals surface area contributed by atoms with E-state index in [4.69, 9.17) is 11.5 Å². The van der Waals surface area contributed by atoms with Crippen molar-refractivity contribution in [3.8, 4) is 0 Å². The highest BCUT2D eigenvalue weighted by molar-refractivity contribution is 5.40. The van der Waals surface area contributed by atoms with Crippen molar-refractivity contribution in [3.05, 3.63) is 70.6 Å². The van der Waals surface area contributed by atoms with Crippen LogP contribution in [0.3, 0.4) is 0 Å². The molecule has 2 unspecified atom stereocenters. The van der Waals surface area contributed by atoms with Crippen molar-refractivity contribution in [1.29, 1.82) is 0 Å². The molecule has 0 fully saturated rings. The van der Waals surface area contributed by atoms with E-state index >= 15 is 0 Å². The number of hydrogen-bond donors (Lipinski definition) is 2. The van der Waals surface area contributed by atoms with Crippen LogP contribution in [0.15, 0.2) is 59.5 Å². The third-order valence-corrected chi connectivity index (χ3v) is 5.45. The normalized spacial score (nSPS) is 22.2. The molecular formula is C22H31N3. The number of benzene rings is 1. The first kappa shape index (κ1) is 18.0. The fourth-order valence-corrected chi connectivity index (χ4v) is 4.32. The zero-order valence-corrected chi connectivity index (χ0v) is 15.8. The highest BCUT2D eigenvalue weighted by Crippen LogP contribution is 2.44. The maximum atomic E-state index is 5.70. The summed E-state index contributed by atoms with van der Waals surface area (Å²) in [5.74, 6) is 0.550. The molecule has 3 nitrogen and oxygen atoms in total. The van der Waals surface area contributed by atoms with Gasteiger partial charge in [0, 0.05) is 23.7 Å². The van der Waals surface area contributed by atoms with E-state index in [1.807, 2.05) is 0 Å². The molecule has 3 heteroatoms. The van der Waals surface area contributed by atoms with E-state index in [0.717, 1.165) is 19.3 Å². The average molecular weight is 338 g/mol. The first-order chi connectivity index (χ1) is 11.9. The topological polar surface area (TPSA) is 55.3 Å². The summed E-state index contributed by atoms with van der Waals surface area (Å²) < 4.78 is 0. The van der Waals surface area contributed by atoms with Gasteiger partial charge in [-0.05, 0) is 49.8 Å². The van der Waals surface area contributed by atoms with E-state index in [-0.39, 0.29) is 12.2 Å². The zero-order chi connectivity index (χ0) is 18.1. The summed E-state index contributed by atoms with van der Waals surface area (Å²) in [5.41, 5.74) is 19.6. The Morgan fingerprint density at radius 2 is 1.88 bits per heavy atom. The summed E-state index contributed by atoms with van der Waals surface area (Å²) in [5, 5.41) is 0. The molecule has 1 aliphatic carbocycles. The molecule has 0 aromatic heterocycles. The first-order valence-corrected chi connectivity index (χ1v) is 9.34. The lowest BCUT2D eigenvalue weighted by atomic mass is 9.82. The molecule has 0 radical (unpaired) electrons. The molecule has 0 saturated heterocycles. The van der Waals surface area contributed by atoms with Gasteiger partial charge in [0.2, 0.25) is 0 Å². The minimum absolute atomic E-state index is 0.285. The van der Waals surface area contributed by atoms with E-state index in [2.05, 4.69) is 62.6 Å². The van der Waals surface area contributed by atoms with E-state index in [9.17, 15) is 0 Å². The number of hydrogen-bond acceptors (Lipinski definition) is 3. The summed E-state index contributed by atoms with van der Waals surface area (Å²) in [4.78, 5) is 2.48. The molecule has 25 heavy (non-hydrogen) atoms. The summed E-state index contributed by atoms with van der Waals surface area (Å²) >= 11 is 0. The van der Waals surface area contributed by atoms with Crippen LogP contribution >= 0.6 is 0 Å². The lowest BCUT2D eigenvalue weighted by Crippen LogP contribution is -2.34. The average Bonchev–Trinajstić information content (AvgIpc) is 2.55. The van der Waals surface area contributed by atoms with Crippen LogP contribution in [0.1, 0.15) is 57.2 Å². The van der Waals surface area contributed by atoms with Crippen molar-refractivity contribution in [2.24, 2.45) is 17.4 Å². The number of allylic oxidation sites excluding steroid dienone is 5. The summed E-state index contributed by atoms with van der Waals surface area (Å²) in [6, 6.07) is 9.00. The Balaban J connectivity index is 1.90. The van der Waals surface area contributed by atoms with E-state index in [1.54, 1.807) is 0 Å². The largest absolute Gasteiger partial charge is 0.342 e. The quantitative estimate of drug-likeness (QED) is 0.802. The van der Waals surface area contributed by atoms with Crippen LogP contribution in [0.4, 0.5) is 0 Å². The third kappa shape index (κ3) is 3.73. The maximum Gasteiger partial charge on any atom is 0.0562 e. The molecule has 1 heterocycles. The Hall–Kier alpha value is -1.84. The van der Waals surface area contributed by atoms with Gasteiger partial charge in [0.15, 0.2) is 0 Å². The molecule has 1 aromatic rings. The molecule has 134 valence electrons. The molecule has 0 bridgehead atoms. The number of nitrogens with zero attached hydrogens (tertiary/aromatic N) is 1. The molecule has 1 aliphatic heterocycles. The molecule has 1 aromatic carbocycles. The minimum atomic E-state index is -0.295. The second-order valence-corrected chi connectivity index (χ2v) is 7.73. The van der Waals surface area contributed by atoms with Crippen molar-refractivity contribution < 1.29 is 0 Å². The van der Waals surface area contributed by atoms with Gasteiger partial charge in [-0.1, -0.05) is 49.4 Å². The van der Waals surface area contributed by atoms with Gasteiger partial charge in [0.1, 0.15) is 0 Å². The molecule has 3 rings (SSSR count). The van der Waals surface area contributed by atoms with Crippen molar-refractivity contribution in [2.45, 2.75) is 58.7 Å². The van der Waals surface area contributed by atoms with Crippen LogP contribution in [-0.4, -0.2) is 11.1 Å². The Morgan fingerprint density at radius 1 is 1.20 bits per heavy atom. The SMILES string of the molecule is C=C1CCC2=C(C(C)CC(C)=C2)N1C(C)c1ccc(CC(N)N)cc1. The van der Waals surface area contributed by atoms with Gasteiger partial charge in [-0.25, -0.2) is 0 Å². The monoisotopic (exact) mass is 337 g/mol. The molecule has 4 N–H and O–H groups in total. The number of rotatable bonds is 4. The van der Waals surface area contributed by atoms with Crippen molar-refractivity contribution >= 4 is 0 Å². The lowest BCUT2D eigenvalue weighted by molar-refractivity contribution is 0.275. The van der Waals surface area contributed by atoms with Crippen LogP contribution in [-0.2, 0) is 6.42 Å². The zero-order valence-electron chi connectivity index (χ0n) is 15.8.